The summed E-state index contributed by atoms with van der Waals surface area (Å²) >= 11 is 0. The largest absolute Gasteiger partial charge is 0.398 e. The van der Waals surface area contributed by atoms with Gasteiger partial charge in [-0.05, 0) is 23.8 Å². The number of amides is 1. The Balaban J connectivity index is 2.21. The Bertz CT molecular complexity index is 764. The van der Waals surface area contributed by atoms with Gasteiger partial charge in [0.2, 0.25) is 0 Å². The number of carbonyl (C=O) groups excluding carboxylic acids is 1. The van der Waals surface area contributed by atoms with Gasteiger partial charge in [-0.1, -0.05) is 18.2 Å². The van der Waals surface area contributed by atoms with Crippen molar-refractivity contribution < 1.29 is 19.2 Å². The third kappa shape index (κ3) is 3.66. The average Bonchev–Trinajstić information content (AvgIpc) is 2.54. The van der Waals surface area contributed by atoms with Crippen LogP contribution in [0.15, 0.2) is 42.5 Å². The van der Waals surface area contributed by atoms with Crippen molar-refractivity contribution in [1.82, 2.24) is 4.90 Å². The predicted octanol–water partition coefficient (Wildman–Crippen LogP) is 2.12. The molecule has 2 rings (SSSR count). The van der Waals surface area contributed by atoms with E-state index in [9.17, 15) is 24.4 Å². The third-order valence-corrected chi connectivity index (χ3v) is 3.53. The molecule has 126 valence electrons. The molecular weight excluding hydrogens is 317 g/mol. The molecule has 8 heteroatoms. The fourth-order valence-corrected chi connectivity index (χ4v) is 2.27. The number of aliphatic hydroxyl groups is 1. The van der Waals surface area contributed by atoms with Crippen LogP contribution in [0.25, 0.3) is 0 Å². The molecule has 0 fully saturated rings. The number of halogens is 1. The van der Waals surface area contributed by atoms with Gasteiger partial charge in [-0.25, -0.2) is 4.39 Å². The number of hydrogen-bond donors (Lipinski definition) is 2. The zero-order valence-corrected chi connectivity index (χ0v) is 12.8. The summed E-state index contributed by atoms with van der Waals surface area (Å²) in [6.45, 7) is -0.129. The van der Waals surface area contributed by atoms with Crippen LogP contribution in [0, 0.1) is 15.9 Å². The summed E-state index contributed by atoms with van der Waals surface area (Å²) in [7, 11) is 1.39. The molecule has 0 saturated heterocycles. The number of carbonyl (C=O) groups is 1. The summed E-state index contributed by atoms with van der Waals surface area (Å²) in [5.41, 5.74) is 5.48. The van der Waals surface area contributed by atoms with Gasteiger partial charge in [0.05, 0.1) is 23.3 Å². The van der Waals surface area contributed by atoms with Gasteiger partial charge in [-0.2, -0.15) is 0 Å². The molecule has 2 aromatic carbocycles. The molecule has 0 aromatic heterocycles. The lowest BCUT2D eigenvalue weighted by molar-refractivity contribution is -0.385. The van der Waals surface area contributed by atoms with Crippen LogP contribution in [0.2, 0.25) is 0 Å². The Kier molecular flexibility index (Phi) is 5.10. The van der Waals surface area contributed by atoms with E-state index < -0.39 is 28.4 Å². The summed E-state index contributed by atoms with van der Waals surface area (Å²) in [6.07, 6.45) is -1.07. The Morgan fingerprint density at radius 1 is 1.33 bits per heavy atom. The van der Waals surface area contributed by atoms with Crippen LogP contribution in [0.1, 0.15) is 22.0 Å². The van der Waals surface area contributed by atoms with Gasteiger partial charge in [0.15, 0.2) is 0 Å². The van der Waals surface area contributed by atoms with Crippen molar-refractivity contribution in [3.8, 4) is 0 Å². The number of aliphatic hydroxyl groups excluding tert-OH is 1. The van der Waals surface area contributed by atoms with E-state index in [-0.39, 0.29) is 17.8 Å². The molecule has 0 aliphatic rings. The Morgan fingerprint density at radius 3 is 2.54 bits per heavy atom. The normalized spacial score (nSPS) is 11.8. The molecule has 1 amide bonds. The number of rotatable bonds is 5. The number of nitrogen functional groups attached to an aromatic ring is 1. The SMILES string of the molecule is CN(CC(O)c1ccc(F)cc1)C(=O)c1c(N)cccc1[N+](=O)[O-]. The fourth-order valence-electron chi connectivity index (χ4n) is 2.27. The first-order valence-electron chi connectivity index (χ1n) is 7.03. The average molecular weight is 333 g/mol. The number of likely N-dealkylation sites (N-methyl/N-ethyl adjacent to an activating group) is 1. The molecule has 0 saturated carbocycles. The summed E-state index contributed by atoms with van der Waals surface area (Å²) in [4.78, 5) is 24.0. The predicted molar refractivity (Wildman–Crippen MR) is 85.8 cm³/mol. The van der Waals surface area contributed by atoms with Crippen LogP contribution in [0.3, 0.4) is 0 Å². The summed E-state index contributed by atoms with van der Waals surface area (Å²) in [5.74, 6) is -1.12. The second kappa shape index (κ2) is 7.05. The number of nitrogens with two attached hydrogens (primary N) is 1. The molecule has 1 atom stereocenters. The van der Waals surface area contributed by atoms with Gasteiger partial charge in [-0.15, -0.1) is 0 Å². The van der Waals surface area contributed by atoms with Gasteiger partial charge < -0.3 is 15.7 Å². The Morgan fingerprint density at radius 2 is 1.96 bits per heavy atom. The quantitative estimate of drug-likeness (QED) is 0.495. The van der Waals surface area contributed by atoms with Gasteiger partial charge in [0, 0.05) is 13.1 Å². The second-order valence-electron chi connectivity index (χ2n) is 5.25. The highest BCUT2D eigenvalue weighted by atomic mass is 19.1. The van der Waals surface area contributed by atoms with Crippen molar-refractivity contribution in [1.29, 1.82) is 0 Å². The number of anilines is 1. The molecule has 0 radical (unpaired) electrons. The zero-order valence-electron chi connectivity index (χ0n) is 12.8. The standard InChI is InChI=1S/C16H16FN3O4/c1-19(9-14(21)10-5-7-11(17)8-6-10)16(22)15-12(18)3-2-4-13(15)20(23)24/h2-8,14,21H,9,18H2,1H3. The second-order valence-corrected chi connectivity index (χ2v) is 5.25. The molecule has 3 N–H and O–H groups in total. The van der Waals surface area contributed by atoms with Crippen LogP contribution >= 0.6 is 0 Å². The van der Waals surface area contributed by atoms with Crippen LogP contribution in [0.4, 0.5) is 15.8 Å². The molecule has 0 heterocycles. The van der Waals surface area contributed by atoms with Crippen LogP contribution in [0.5, 0.6) is 0 Å². The maximum Gasteiger partial charge on any atom is 0.284 e. The summed E-state index contributed by atoms with van der Waals surface area (Å²) in [5, 5.41) is 21.2. The Hall–Kier alpha value is -3.00. The highest BCUT2D eigenvalue weighted by Crippen LogP contribution is 2.26. The number of hydrogen-bond acceptors (Lipinski definition) is 5. The Labute approximate surface area is 137 Å². The maximum absolute atomic E-state index is 12.9. The van der Waals surface area contributed by atoms with E-state index in [0.29, 0.717) is 5.56 Å². The summed E-state index contributed by atoms with van der Waals surface area (Å²) < 4.78 is 12.9. The first kappa shape index (κ1) is 17.4. The van der Waals surface area contributed by atoms with E-state index in [1.165, 1.54) is 49.5 Å². The molecule has 7 nitrogen and oxygen atoms in total. The van der Waals surface area contributed by atoms with Gasteiger partial charge in [0.25, 0.3) is 11.6 Å². The van der Waals surface area contributed by atoms with Gasteiger partial charge in [0.1, 0.15) is 11.4 Å². The van der Waals surface area contributed by atoms with Crippen molar-refractivity contribution in [3.05, 3.63) is 69.5 Å². The van der Waals surface area contributed by atoms with Crippen LogP contribution in [-0.4, -0.2) is 34.4 Å². The smallest absolute Gasteiger partial charge is 0.284 e. The van der Waals surface area contributed by atoms with E-state index in [1.807, 2.05) is 0 Å². The van der Waals surface area contributed by atoms with E-state index >= 15 is 0 Å². The van der Waals surface area contributed by atoms with Crippen molar-refractivity contribution >= 4 is 17.3 Å². The van der Waals surface area contributed by atoms with E-state index in [1.54, 1.807) is 0 Å². The van der Waals surface area contributed by atoms with Crippen molar-refractivity contribution in [3.63, 3.8) is 0 Å². The van der Waals surface area contributed by atoms with E-state index in [0.717, 1.165) is 4.90 Å². The minimum atomic E-state index is -1.07. The highest BCUT2D eigenvalue weighted by Gasteiger charge is 2.26. The third-order valence-electron chi connectivity index (χ3n) is 3.53. The molecule has 1 unspecified atom stereocenters. The number of nitro groups is 1. The fraction of sp³-hybridized carbons (Fsp3) is 0.188. The molecular formula is C16H16FN3O4. The van der Waals surface area contributed by atoms with Crippen molar-refractivity contribution in [2.45, 2.75) is 6.10 Å². The lowest BCUT2D eigenvalue weighted by atomic mass is 10.1. The van der Waals surface area contributed by atoms with Gasteiger partial charge in [-0.3, -0.25) is 14.9 Å². The monoisotopic (exact) mass is 333 g/mol. The minimum absolute atomic E-state index is 0.0164. The van der Waals surface area contributed by atoms with Crippen molar-refractivity contribution in [2.24, 2.45) is 0 Å². The lowest BCUT2D eigenvalue weighted by Gasteiger charge is -2.21. The van der Waals surface area contributed by atoms with Crippen molar-refractivity contribution in [2.75, 3.05) is 19.3 Å². The van der Waals surface area contributed by atoms with Gasteiger partial charge >= 0.3 is 0 Å². The topological polar surface area (TPSA) is 110 Å². The number of nitrogens with zero attached hydrogens (tertiary/aromatic N) is 2. The zero-order chi connectivity index (χ0) is 17.9. The lowest BCUT2D eigenvalue weighted by Crippen LogP contribution is -2.32. The summed E-state index contributed by atoms with van der Waals surface area (Å²) in [6, 6.07) is 9.16. The first-order valence-corrected chi connectivity index (χ1v) is 7.03. The number of benzene rings is 2. The molecule has 0 aliphatic carbocycles. The van der Waals surface area contributed by atoms with E-state index in [4.69, 9.17) is 5.73 Å². The molecule has 24 heavy (non-hydrogen) atoms. The maximum atomic E-state index is 12.9. The number of nitro benzene ring substituents is 1. The molecule has 0 bridgehead atoms. The van der Waals surface area contributed by atoms with E-state index in [2.05, 4.69) is 0 Å². The highest BCUT2D eigenvalue weighted by molar-refractivity contribution is 6.02. The molecule has 2 aromatic rings. The first-order chi connectivity index (χ1) is 11.3. The minimum Gasteiger partial charge on any atom is -0.398 e. The molecule has 0 aliphatic heterocycles. The molecule has 0 spiro atoms. The van der Waals surface area contributed by atoms with Crippen LogP contribution in [-0.2, 0) is 0 Å². The van der Waals surface area contributed by atoms with Crippen LogP contribution < -0.4 is 5.73 Å².